The van der Waals surface area contributed by atoms with E-state index < -0.39 is 17.9 Å². The standard InChI is InChI=1S/C22H22ClFN4O/c1-13(2)20-18-14(3)28(17-11-7-10-16(23)19(17)24)22(29)25-21(18)26-27(20)12-15-8-5-4-6-9-15/h4-11,13-14H,12H2,1-3H3,(H,25,26,29). The number of benzene rings is 2. The van der Waals surface area contributed by atoms with Crippen LogP contribution < -0.4 is 10.2 Å². The molecule has 2 heterocycles. The lowest BCUT2D eigenvalue weighted by Crippen LogP contribution is -2.42. The highest BCUT2D eigenvalue weighted by atomic mass is 35.5. The van der Waals surface area contributed by atoms with Gasteiger partial charge >= 0.3 is 6.03 Å². The van der Waals surface area contributed by atoms with E-state index in [1.54, 1.807) is 12.1 Å². The van der Waals surface area contributed by atoms with E-state index in [2.05, 4.69) is 24.3 Å². The zero-order valence-corrected chi connectivity index (χ0v) is 17.2. The van der Waals surface area contributed by atoms with Gasteiger partial charge in [0.2, 0.25) is 0 Å². The van der Waals surface area contributed by atoms with Crippen molar-refractivity contribution >= 4 is 29.1 Å². The maximum atomic E-state index is 14.7. The minimum absolute atomic E-state index is 0.0165. The summed E-state index contributed by atoms with van der Waals surface area (Å²) in [5.74, 6) is 0.0849. The molecular formula is C22H22ClFN4O. The van der Waals surface area contributed by atoms with Gasteiger partial charge in [0.05, 0.1) is 23.3 Å². The van der Waals surface area contributed by atoms with Crippen LogP contribution in [0.2, 0.25) is 5.02 Å². The first-order valence-electron chi connectivity index (χ1n) is 9.57. The van der Waals surface area contributed by atoms with E-state index >= 15 is 0 Å². The Morgan fingerprint density at radius 2 is 1.90 bits per heavy atom. The van der Waals surface area contributed by atoms with E-state index in [0.717, 1.165) is 16.8 Å². The third-order valence-electron chi connectivity index (χ3n) is 5.19. The smallest absolute Gasteiger partial charge is 0.290 e. The van der Waals surface area contributed by atoms with Gasteiger partial charge in [-0.2, -0.15) is 5.10 Å². The molecule has 2 aromatic carbocycles. The molecule has 2 amide bonds. The molecule has 5 nitrogen and oxygen atoms in total. The highest BCUT2D eigenvalue weighted by Gasteiger charge is 2.37. The number of nitrogens with zero attached hydrogens (tertiary/aromatic N) is 3. The van der Waals surface area contributed by atoms with Crippen molar-refractivity contribution in [1.82, 2.24) is 9.78 Å². The topological polar surface area (TPSA) is 50.2 Å². The van der Waals surface area contributed by atoms with Gasteiger partial charge in [0, 0.05) is 11.3 Å². The van der Waals surface area contributed by atoms with Crippen molar-refractivity contribution in [3.8, 4) is 0 Å². The number of nitrogens with one attached hydrogen (secondary N) is 1. The number of fused-ring (bicyclic) bond motifs is 1. The molecule has 1 aliphatic rings. The number of hydrogen-bond donors (Lipinski definition) is 1. The average molecular weight is 413 g/mol. The molecule has 0 aliphatic carbocycles. The summed E-state index contributed by atoms with van der Waals surface area (Å²) in [5.41, 5.74) is 3.18. The number of aromatic nitrogens is 2. The van der Waals surface area contributed by atoms with Gasteiger partial charge in [0.25, 0.3) is 0 Å². The van der Waals surface area contributed by atoms with E-state index in [0.29, 0.717) is 12.4 Å². The molecule has 1 N–H and O–H groups in total. The number of halogens is 2. The van der Waals surface area contributed by atoms with Crippen LogP contribution in [-0.2, 0) is 6.54 Å². The van der Waals surface area contributed by atoms with Gasteiger partial charge < -0.3 is 0 Å². The molecule has 1 unspecified atom stereocenters. The van der Waals surface area contributed by atoms with Crippen molar-refractivity contribution in [1.29, 1.82) is 0 Å². The van der Waals surface area contributed by atoms with Crippen molar-refractivity contribution in [2.24, 2.45) is 0 Å². The molecular weight excluding hydrogens is 391 g/mol. The highest BCUT2D eigenvalue weighted by molar-refractivity contribution is 6.31. The highest BCUT2D eigenvalue weighted by Crippen LogP contribution is 2.41. The normalized spacial score (nSPS) is 16.1. The number of amides is 2. The van der Waals surface area contributed by atoms with Crippen LogP contribution in [0.15, 0.2) is 48.5 Å². The lowest BCUT2D eigenvalue weighted by Gasteiger charge is -2.34. The van der Waals surface area contributed by atoms with E-state index in [-0.39, 0.29) is 16.6 Å². The molecule has 0 saturated heterocycles. The minimum Gasteiger partial charge on any atom is -0.290 e. The lowest BCUT2D eigenvalue weighted by atomic mass is 9.97. The second-order valence-corrected chi connectivity index (χ2v) is 7.90. The van der Waals surface area contributed by atoms with Crippen LogP contribution in [0.5, 0.6) is 0 Å². The number of urea groups is 1. The number of rotatable bonds is 4. The minimum atomic E-state index is -0.609. The van der Waals surface area contributed by atoms with Gasteiger partial charge in [0.1, 0.15) is 0 Å². The first kappa shape index (κ1) is 19.5. The van der Waals surface area contributed by atoms with Crippen molar-refractivity contribution in [3.05, 3.63) is 76.2 Å². The number of anilines is 2. The summed E-state index contributed by atoms with van der Waals surface area (Å²) in [7, 11) is 0. The summed E-state index contributed by atoms with van der Waals surface area (Å²) >= 11 is 5.95. The van der Waals surface area contributed by atoms with E-state index in [1.165, 1.54) is 11.0 Å². The Morgan fingerprint density at radius 1 is 1.17 bits per heavy atom. The molecule has 0 saturated carbocycles. The maximum absolute atomic E-state index is 14.7. The Kier molecular flexibility index (Phi) is 5.04. The van der Waals surface area contributed by atoms with Crippen molar-refractivity contribution in [2.45, 2.75) is 39.3 Å². The largest absolute Gasteiger partial charge is 0.328 e. The Hall–Kier alpha value is -2.86. The van der Waals surface area contributed by atoms with Gasteiger partial charge in [-0.15, -0.1) is 0 Å². The first-order chi connectivity index (χ1) is 13.9. The van der Waals surface area contributed by atoms with Crippen LogP contribution in [0, 0.1) is 5.82 Å². The van der Waals surface area contributed by atoms with Crippen LogP contribution >= 0.6 is 11.6 Å². The summed E-state index contributed by atoms with van der Waals surface area (Å²) < 4.78 is 16.6. The van der Waals surface area contributed by atoms with Gasteiger partial charge in [-0.1, -0.05) is 61.8 Å². The van der Waals surface area contributed by atoms with E-state index in [9.17, 15) is 9.18 Å². The van der Waals surface area contributed by atoms with Crippen molar-refractivity contribution in [2.75, 3.05) is 10.2 Å². The van der Waals surface area contributed by atoms with Crippen molar-refractivity contribution in [3.63, 3.8) is 0 Å². The van der Waals surface area contributed by atoms with Gasteiger partial charge in [-0.05, 0) is 30.5 Å². The zero-order chi connectivity index (χ0) is 20.7. The molecule has 0 radical (unpaired) electrons. The van der Waals surface area contributed by atoms with Crippen LogP contribution in [0.1, 0.15) is 49.6 Å². The summed E-state index contributed by atoms with van der Waals surface area (Å²) in [4.78, 5) is 14.2. The van der Waals surface area contributed by atoms with Crippen LogP contribution in [0.3, 0.4) is 0 Å². The fourth-order valence-electron chi connectivity index (χ4n) is 3.94. The summed E-state index contributed by atoms with van der Waals surface area (Å²) in [5, 5.41) is 7.49. The second kappa shape index (κ2) is 7.52. The monoisotopic (exact) mass is 412 g/mol. The molecule has 150 valence electrons. The Labute approximate surface area is 174 Å². The average Bonchev–Trinajstić information content (AvgIpc) is 3.04. The number of carbonyl (C=O) groups excluding carboxylic acids is 1. The first-order valence-corrected chi connectivity index (χ1v) is 9.95. The summed E-state index contributed by atoms with van der Waals surface area (Å²) in [6, 6.07) is 13.9. The van der Waals surface area contributed by atoms with Crippen LogP contribution in [0.4, 0.5) is 20.7 Å². The predicted molar refractivity (Wildman–Crippen MR) is 113 cm³/mol. The van der Waals surface area contributed by atoms with Gasteiger partial charge in [-0.25, -0.2) is 9.18 Å². The quantitative estimate of drug-likeness (QED) is 0.574. The number of hydrogen-bond acceptors (Lipinski definition) is 2. The Bertz CT molecular complexity index is 1060. The third kappa shape index (κ3) is 3.38. The molecule has 1 atom stereocenters. The van der Waals surface area contributed by atoms with Crippen LogP contribution in [0.25, 0.3) is 0 Å². The molecule has 3 aromatic rings. The molecule has 0 spiro atoms. The maximum Gasteiger partial charge on any atom is 0.328 e. The molecule has 0 bridgehead atoms. The molecule has 7 heteroatoms. The fourth-order valence-corrected chi connectivity index (χ4v) is 4.11. The van der Waals surface area contributed by atoms with Crippen LogP contribution in [-0.4, -0.2) is 15.8 Å². The second-order valence-electron chi connectivity index (χ2n) is 7.49. The number of carbonyl (C=O) groups is 1. The van der Waals surface area contributed by atoms with Gasteiger partial charge in [0.15, 0.2) is 11.6 Å². The van der Waals surface area contributed by atoms with Gasteiger partial charge in [-0.3, -0.25) is 14.9 Å². The fraction of sp³-hybridized carbons (Fsp3) is 0.273. The van der Waals surface area contributed by atoms with E-state index in [4.69, 9.17) is 11.6 Å². The Morgan fingerprint density at radius 3 is 2.59 bits per heavy atom. The molecule has 1 aromatic heterocycles. The summed E-state index contributed by atoms with van der Waals surface area (Å²) in [6.45, 7) is 6.66. The molecule has 0 fully saturated rings. The molecule has 29 heavy (non-hydrogen) atoms. The SMILES string of the molecule is CC(C)c1c2c(nn1Cc1ccccc1)NC(=O)N(c1cccc(Cl)c1F)C2C. The Balaban J connectivity index is 1.81. The molecule has 4 rings (SSSR count). The third-order valence-corrected chi connectivity index (χ3v) is 5.48. The predicted octanol–water partition coefficient (Wildman–Crippen LogP) is 5.96. The zero-order valence-electron chi connectivity index (χ0n) is 16.5. The lowest BCUT2D eigenvalue weighted by molar-refractivity contribution is 0.254. The summed E-state index contributed by atoms with van der Waals surface area (Å²) in [6.07, 6.45) is 0. The van der Waals surface area contributed by atoms with Crippen molar-refractivity contribution < 1.29 is 9.18 Å². The van der Waals surface area contributed by atoms with E-state index in [1.807, 2.05) is 41.9 Å². The molecule has 1 aliphatic heterocycles.